The lowest BCUT2D eigenvalue weighted by Crippen LogP contribution is -2.37. The number of rotatable bonds is 2. The smallest absolute Gasteiger partial charge is 0.248 e. The van der Waals surface area contributed by atoms with Crippen LogP contribution in [0.2, 0.25) is 0 Å². The molecule has 2 nitrogen and oxygen atoms in total. The van der Waals surface area contributed by atoms with E-state index in [-0.39, 0.29) is 18.8 Å². The van der Waals surface area contributed by atoms with Gasteiger partial charge in [-0.15, -0.1) is 0 Å². The van der Waals surface area contributed by atoms with Gasteiger partial charge in [-0.3, -0.25) is 0 Å². The lowest BCUT2D eigenvalue weighted by atomic mass is 9.81. The third kappa shape index (κ3) is 1.80. The first-order valence-corrected chi connectivity index (χ1v) is 4.59. The summed E-state index contributed by atoms with van der Waals surface area (Å²) in [4.78, 5) is 2.83. The van der Waals surface area contributed by atoms with Gasteiger partial charge in [0.2, 0.25) is 5.92 Å². The first-order chi connectivity index (χ1) is 6.07. The minimum atomic E-state index is -2.43. The highest BCUT2D eigenvalue weighted by atomic mass is 32.1. The van der Waals surface area contributed by atoms with Crippen molar-refractivity contribution in [2.45, 2.75) is 25.3 Å². The number of H-pyrrole nitrogens is 1. The van der Waals surface area contributed by atoms with Crippen molar-refractivity contribution < 1.29 is 8.78 Å². The molecule has 0 spiro atoms. The fourth-order valence-electron chi connectivity index (χ4n) is 1.69. The number of hydrogen-bond acceptors (Lipinski definition) is 1. The highest BCUT2D eigenvalue weighted by Gasteiger charge is 2.45. The van der Waals surface area contributed by atoms with Gasteiger partial charge < -0.3 is 9.55 Å². The number of imidazole rings is 1. The monoisotopic (exact) mass is 204 g/mol. The highest BCUT2D eigenvalue weighted by Crippen LogP contribution is 2.42. The summed E-state index contributed by atoms with van der Waals surface area (Å²) in [6.45, 7) is 0.609. The Bertz CT molecular complexity index is 347. The van der Waals surface area contributed by atoms with Crippen molar-refractivity contribution in [2.24, 2.45) is 5.92 Å². The predicted octanol–water partition coefficient (Wildman–Crippen LogP) is 2.59. The molecule has 0 aromatic carbocycles. The fourth-order valence-corrected chi connectivity index (χ4v) is 1.89. The Morgan fingerprint density at radius 2 is 2.31 bits per heavy atom. The number of nitrogens with one attached hydrogen (secondary N) is 1. The highest BCUT2D eigenvalue weighted by molar-refractivity contribution is 7.71. The molecule has 13 heavy (non-hydrogen) atoms. The Morgan fingerprint density at radius 3 is 2.77 bits per heavy atom. The SMILES string of the molecule is FC1(F)CC(Cn2cc[nH]c2=S)C1. The van der Waals surface area contributed by atoms with E-state index in [1.54, 1.807) is 17.0 Å². The second kappa shape index (κ2) is 2.90. The zero-order chi connectivity index (χ0) is 9.47. The molecular weight excluding hydrogens is 194 g/mol. The molecule has 0 aliphatic heterocycles. The topological polar surface area (TPSA) is 20.7 Å². The van der Waals surface area contributed by atoms with Crippen LogP contribution < -0.4 is 0 Å². The third-order valence-electron chi connectivity index (χ3n) is 2.35. The number of nitrogens with zero attached hydrogens (tertiary/aromatic N) is 1. The number of hydrogen-bond donors (Lipinski definition) is 1. The maximum Gasteiger partial charge on any atom is 0.248 e. The average molecular weight is 204 g/mol. The van der Waals surface area contributed by atoms with Crippen LogP contribution in [-0.2, 0) is 6.54 Å². The molecule has 0 amide bonds. The van der Waals surface area contributed by atoms with E-state index in [0.29, 0.717) is 11.3 Å². The largest absolute Gasteiger partial charge is 0.337 e. The molecule has 0 bridgehead atoms. The van der Waals surface area contributed by atoms with Gasteiger partial charge in [0, 0.05) is 31.8 Å². The van der Waals surface area contributed by atoms with Crippen LogP contribution in [0.5, 0.6) is 0 Å². The van der Waals surface area contributed by atoms with Gasteiger partial charge in [-0.2, -0.15) is 0 Å². The molecule has 5 heteroatoms. The number of aromatic nitrogens is 2. The van der Waals surface area contributed by atoms with Crippen LogP contribution >= 0.6 is 12.2 Å². The van der Waals surface area contributed by atoms with Gasteiger partial charge in [-0.05, 0) is 18.1 Å². The Hall–Kier alpha value is -0.710. The van der Waals surface area contributed by atoms with Gasteiger partial charge in [0.15, 0.2) is 4.77 Å². The summed E-state index contributed by atoms with van der Waals surface area (Å²) in [5.41, 5.74) is 0. The molecule has 0 radical (unpaired) electrons. The zero-order valence-corrected chi connectivity index (χ0v) is 7.78. The van der Waals surface area contributed by atoms with Gasteiger partial charge in [-0.1, -0.05) is 0 Å². The van der Waals surface area contributed by atoms with E-state index in [1.807, 2.05) is 0 Å². The van der Waals surface area contributed by atoms with Crippen molar-refractivity contribution in [3.05, 3.63) is 17.2 Å². The summed E-state index contributed by atoms with van der Waals surface area (Å²) in [7, 11) is 0. The van der Waals surface area contributed by atoms with Crippen molar-refractivity contribution in [1.82, 2.24) is 9.55 Å². The van der Waals surface area contributed by atoms with Crippen molar-refractivity contribution in [2.75, 3.05) is 0 Å². The zero-order valence-electron chi connectivity index (χ0n) is 6.96. The van der Waals surface area contributed by atoms with E-state index >= 15 is 0 Å². The van der Waals surface area contributed by atoms with E-state index in [0.717, 1.165) is 0 Å². The summed E-state index contributed by atoms with van der Waals surface area (Å²) in [5, 5.41) is 0. The summed E-state index contributed by atoms with van der Waals surface area (Å²) < 4.78 is 27.4. The Labute approximate surface area is 79.6 Å². The van der Waals surface area contributed by atoms with Crippen LogP contribution in [0, 0.1) is 10.7 Å². The van der Waals surface area contributed by atoms with Crippen molar-refractivity contribution in [3.63, 3.8) is 0 Å². The standard InChI is InChI=1S/C8H10F2N2S/c9-8(10)3-6(4-8)5-12-2-1-11-7(12)13/h1-2,6H,3-5H2,(H,11,13). The van der Waals surface area contributed by atoms with Crippen molar-refractivity contribution in [3.8, 4) is 0 Å². The van der Waals surface area contributed by atoms with E-state index < -0.39 is 5.92 Å². The predicted molar refractivity (Wildman–Crippen MR) is 47.3 cm³/mol. The van der Waals surface area contributed by atoms with Gasteiger partial charge >= 0.3 is 0 Å². The minimum Gasteiger partial charge on any atom is -0.337 e. The average Bonchev–Trinajstić information content (AvgIpc) is 2.33. The molecule has 1 aliphatic rings. The van der Waals surface area contributed by atoms with Crippen molar-refractivity contribution in [1.29, 1.82) is 0 Å². The van der Waals surface area contributed by atoms with E-state index in [1.165, 1.54) is 0 Å². The first-order valence-electron chi connectivity index (χ1n) is 4.18. The Kier molecular flexibility index (Phi) is 1.98. The van der Waals surface area contributed by atoms with Crippen LogP contribution in [0.4, 0.5) is 8.78 Å². The van der Waals surface area contributed by atoms with E-state index in [2.05, 4.69) is 4.98 Å². The number of aromatic amines is 1. The van der Waals surface area contributed by atoms with E-state index in [4.69, 9.17) is 12.2 Å². The summed E-state index contributed by atoms with van der Waals surface area (Å²) in [6, 6.07) is 0. The quantitative estimate of drug-likeness (QED) is 0.734. The molecule has 2 rings (SSSR count). The second-order valence-corrected chi connectivity index (χ2v) is 3.93. The molecule has 0 unspecified atom stereocenters. The Morgan fingerprint density at radius 1 is 1.62 bits per heavy atom. The van der Waals surface area contributed by atoms with Crippen LogP contribution in [0.15, 0.2) is 12.4 Å². The summed E-state index contributed by atoms with van der Waals surface area (Å²) >= 11 is 4.95. The van der Waals surface area contributed by atoms with E-state index in [9.17, 15) is 8.78 Å². The molecule has 1 fully saturated rings. The maximum atomic E-state index is 12.5. The molecule has 1 aromatic heterocycles. The number of alkyl halides is 2. The van der Waals surface area contributed by atoms with Crippen LogP contribution in [-0.4, -0.2) is 15.5 Å². The number of halogens is 2. The molecule has 1 aliphatic carbocycles. The van der Waals surface area contributed by atoms with Gasteiger partial charge in [0.25, 0.3) is 0 Å². The molecule has 1 heterocycles. The normalized spacial score (nSPS) is 21.4. The Balaban J connectivity index is 1.95. The molecule has 1 saturated carbocycles. The van der Waals surface area contributed by atoms with Crippen LogP contribution in [0.25, 0.3) is 0 Å². The van der Waals surface area contributed by atoms with Crippen molar-refractivity contribution >= 4 is 12.2 Å². The molecule has 0 atom stereocenters. The molecular formula is C8H10F2N2S. The third-order valence-corrected chi connectivity index (χ3v) is 2.70. The summed E-state index contributed by atoms with van der Waals surface area (Å²) in [5.74, 6) is -2.35. The molecule has 1 N–H and O–H groups in total. The van der Waals surface area contributed by atoms with Gasteiger partial charge in [0.05, 0.1) is 0 Å². The molecule has 0 saturated heterocycles. The second-order valence-electron chi connectivity index (χ2n) is 3.55. The van der Waals surface area contributed by atoms with Gasteiger partial charge in [0.1, 0.15) is 0 Å². The minimum absolute atomic E-state index is 0.0000463. The molecule has 72 valence electrons. The first kappa shape index (κ1) is 8.87. The lowest BCUT2D eigenvalue weighted by Gasteiger charge is -2.34. The van der Waals surface area contributed by atoms with Crippen LogP contribution in [0.1, 0.15) is 12.8 Å². The maximum absolute atomic E-state index is 12.5. The van der Waals surface area contributed by atoms with Crippen LogP contribution in [0.3, 0.4) is 0 Å². The molecule has 1 aromatic rings. The van der Waals surface area contributed by atoms with Gasteiger partial charge in [-0.25, -0.2) is 8.78 Å². The summed E-state index contributed by atoms with van der Waals surface area (Å²) in [6.07, 6.45) is 3.51. The fraction of sp³-hybridized carbons (Fsp3) is 0.625. The lowest BCUT2D eigenvalue weighted by molar-refractivity contribution is -0.114.